The largest absolute Gasteiger partial charge is 0.497 e. The number of ether oxygens (including phenoxy) is 4. The lowest BCUT2D eigenvalue weighted by Crippen LogP contribution is -2.59. The number of esters is 1. The first-order chi connectivity index (χ1) is 12.0. The van der Waals surface area contributed by atoms with Crippen LogP contribution in [0.4, 0.5) is 0 Å². The van der Waals surface area contributed by atoms with Crippen LogP contribution in [0.1, 0.15) is 36.5 Å². The van der Waals surface area contributed by atoms with Gasteiger partial charge in [-0.3, -0.25) is 0 Å². The Morgan fingerprint density at radius 1 is 1.16 bits per heavy atom. The number of hydrogen-bond acceptors (Lipinski definition) is 7. The van der Waals surface area contributed by atoms with Gasteiger partial charge in [0.1, 0.15) is 24.1 Å². The second-order valence-corrected chi connectivity index (χ2v) is 6.00. The highest BCUT2D eigenvalue weighted by Gasteiger charge is 2.46. The second-order valence-electron chi connectivity index (χ2n) is 6.00. The summed E-state index contributed by atoms with van der Waals surface area (Å²) in [6.07, 6.45) is -2.71. The molecule has 1 saturated heterocycles. The Bertz CT molecular complexity index is 545. The third-order valence-corrected chi connectivity index (χ3v) is 4.28. The van der Waals surface area contributed by atoms with Crippen LogP contribution in [0.5, 0.6) is 5.75 Å². The molecular formula is C18H26O7. The summed E-state index contributed by atoms with van der Waals surface area (Å²) in [4.78, 5) is 12.4. The van der Waals surface area contributed by atoms with Crippen molar-refractivity contribution in [2.45, 2.75) is 56.9 Å². The number of hydrogen-bond donors (Lipinski definition) is 2. The molecule has 2 rings (SSSR count). The highest BCUT2D eigenvalue weighted by Crippen LogP contribution is 2.28. The van der Waals surface area contributed by atoms with Crippen molar-refractivity contribution in [3.05, 3.63) is 29.8 Å². The minimum absolute atomic E-state index is 0.325. The van der Waals surface area contributed by atoms with Crippen molar-refractivity contribution in [2.75, 3.05) is 14.2 Å². The number of methoxy groups -OCH3 is 2. The van der Waals surface area contributed by atoms with Crippen LogP contribution in [-0.2, 0) is 14.2 Å². The minimum atomic E-state index is -1.29. The predicted octanol–water partition coefficient (Wildman–Crippen LogP) is 1.50. The van der Waals surface area contributed by atoms with Gasteiger partial charge in [0.25, 0.3) is 0 Å². The van der Waals surface area contributed by atoms with Crippen molar-refractivity contribution in [1.82, 2.24) is 0 Å². The molecule has 0 spiro atoms. The molecule has 1 aromatic rings. The molecule has 5 atom stereocenters. The van der Waals surface area contributed by atoms with Gasteiger partial charge in [-0.25, -0.2) is 4.79 Å². The first-order valence-electron chi connectivity index (χ1n) is 8.41. The number of aliphatic hydroxyl groups excluding tert-OH is 2. The van der Waals surface area contributed by atoms with Crippen LogP contribution in [-0.4, -0.2) is 61.1 Å². The van der Waals surface area contributed by atoms with Crippen LogP contribution in [0, 0.1) is 0 Å². The van der Waals surface area contributed by atoms with E-state index in [2.05, 4.69) is 0 Å². The molecule has 1 aromatic carbocycles. The van der Waals surface area contributed by atoms with Crippen LogP contribution >= 0.6 is 0 Å². The van der Waals surface area contributed by atoms with Crippen LogP contribution in [0.3, 0.4) is 0 Å². The minimum Gasteiger partial charge on any atom is -0.497 e. The number of carbonyl (C=O) groups excluding carboxylic acids is 1. The molecule has 7 heteroatoms. The number of unbranched alkanes of at least 4 members (excludes halogenated alkanes) is 1. The Hall–Kier alpha value is -1.67. The SMILES string of the molecule is CCCC[C@H]1O[C@H](OC)[C@@H](O)[C@@H](O)[C@H]1OC(=O)c1ccc(OC)cc1. The third kappa shape index (κ3) is 4.70. The van der Waals surface area contributed by atoms with Crippen LogP contribution < -0.4 is 4.74 Å². The quantitative estimate of drug-likeness (QED) is 0.717. The lowest BCUT2D eigenvalue weighted by Gasteiger charge is -2.41. The molecule has 2 N–H and O–H groups in total. The molecule has 0 radical (unpaired) electrons. The molecule has 140 valence electrons. The van der Waals surface area contributed by atoms with Gasteiger partial charge in [-0.15, -0.1) is 0 Å². The Labute approximate surface area is 147 Å². The Morgan fingerprint density at radius 2 is 1.84 bits per heavy atom. The first kappa shape index (κ1) is 19.7. The molecule has 1 aliphatic rings. The first-order valence-corrected chi connectivity index (χ1v) is 8.41. The van der Waals surface area contributed by atoms with E-state index in [1.807, 2.05) is 6.92 Å². The second kappa shape index (κ2) is 9.15. The summed E-state index contributed by atoms with van der Waals surface area (Å²) < 4.78 is 21.3. The summed E-state index contributed by atoms with van der Waals surface area (Å²) in [5, 5.41) is 20.5. The summed E-state index contributed by atoms with van der Waals surface area (Å²) in [5.41, 5.74) is 0.325. The van der Waals surface area contributed by atoms with E-state index in [-0.39, 0.29) is 0 Å². The fourth-order valence-electron chi connectivity index (χ4n) is 2.80. The van der Waals surface area contributed by atoms with Crippen LogP contribution in [0.15, 0.2) is 24.3 Å². The summed E-state index contributed by atoms with van der Waals surface area (Å²) in [5.74, 6) is 0.0247. The average molecular weight is 354 g/mol. The highest BCUT2D eigenvalue weighted by atomic mass is 16.7. The van der Waals surface area contributed by atoms with Crippen molar-refractivity contribution >= 4 is 5.97 Å². The molecule has 0 unspecified atom stereocenters. The summed E-state index contributed by atoms with van der Waals surface area (Å²) in [6.45, 7) is 2.03. The highest BCUT2D eigenvalue weighted by molar-refractivity contribution is 5.89. The Kier molecular flexibility index (Phi) is 7.19. The number of aliphatic hydroxyl groups is 2. The van der Waals surface area contributed by atoms with Crippen molar-refractivity contribution in [3.8, 4) is 5.75 Å². The standard InChI is InChI=1S/C18H26O7/c1-4-5-6-13-16(14(19)15(20)18(23-3)24-13)25-17(21)11-7-9-12(22-2)10-8-11/h7-10,13-16,18-20H,4-6H2,1-3H3/t13-,14-,15+,16+,18+/m1/s1. The van der Waals surface area contributed by atoms with Gasteiger partial charge in [0.15, 0.2) is 12.4 Å². The Morgan fingerprint density at radius 3 is 2.40 bits per heavy atom. The number of rotatable bonds is 7. The molecule has 25 heavy (non-hydrogen) atoms. The topological polar surface area (TPSA) is 94.5 Å². The normalized spacial score (nSPS) is 29.2. The van der Waals surface area contributed by atoms with Gasteiger partial charge < -0.3 is 29.2 Å². The van der Waals surface area contributed by atoms with Crippen molar-refractivity contribution in [1.29, 1.82) is 0 Å². The third-order valence-electron chi connectivity index (χ3n) is 4.28. The molecule has 0 saturated carbocycles. The lowest BCUT2D eigenvalue weighted by molar-refractivity contribution is -0.290. The van der Waals surface area contributed by atoms with Gasteiger partial charge in [-0.2, -0.15) is 0 Å². The summed E-state index contributed by atoms with van der Waals surface area (Å²) in [7, 11) is 2.93. The molecule has 0 amide bonds. The van der Waals surface area contributed by atoms with E-state index in [0.29, 0.717) is 17.7 Å². The van der Waals surface area contributed by atoms with Gasteiger partial charge in [0.05, 0.1) is 12.7 Å². The average Bonchev–Trinajstić information content (AvgIpc) is 2.64. The predicted molar refractivity (Wildman–Crippen MR) is 89.4 cm³/mol. The van der Waals surface area contributed by atoms with Crippen LogP contribution in [0.2, 0.25) is 0 Å². The lowest BCUT2D eigenvalue weighted by atomic mass is 9.95. The van der Waals surface area contributed by atoms with E-state index in [4.69, 9.17) is 18.9 Å². The van der Waals surface area contributed by atoms with Gasteiger partial charge in [0.2, 0.25) is 0 Å². The number of carbonyl (C=O) groups is 1. The smallest absolute Gasteiger partial charge is 0.338 e. The van der Waals surface area contributed by atoms with Crippen LogP contribution in [0.25, 0.3) is 0 Å². The van der Waals surface area contributed by atoms with E-state index >= 15 is 0 Å². The fraction of sp³-hybridized carbons (Fsp3) is 0.611. The van der Waals surface area contributed by atoms with Crippen molar-refractivity contribution in [2.24, 2.45) is 0 Å². The molecule has 0 aliphatic carbocycles. The van der Waals surface area contributed by atoms with Gasteiger partial charge in [0, 0.05) is 7.11 Å². The van der Waals surface area contributed by atoms with Gasteiger partial charge >= 0.3 is 5.97 Å². The van der Waals surface area contributed by atoms with Gasteiger partial charge in [-0.05, 0) is 30.7 Å². The zero-order valence-corrected chi connectivity index (χ0v) is 14.8. The van der Waals surface area contributed by atoms with Crippen molar-refractivity contribution < 1.29 is 34.0 Å². The van der Waals surface area contributed by atoms with E-state index in [0.717, 1.165) is 12.8 Å². The molecule has 0 bridgehead atoms. The van der Waals surface area contributed by atoms with E-state index < -0.39 is 36.7 Å². The molecule has 1 fully saturated rings. The molecule has 1 aliphatic heterocycles. The molecule has 7 nitrogen and oxygen atoms in total. The number of benzene rings is 1. The maximum Gasteiger partial charge on any atom is 0.338 e. The molecular weight excluding hydrogens is 328 g/mol. The van der Waals surface area contributed by atoms with E-state index in [1.54, 1.807) is 24.3 Å². The zero-order valence-electron chi connectivity index (χ0n) is 14.8. The molecule has 0 aromatic heterocycles. The Balaban J connectivity index is 2.12. The fourth-order valence-corrected chi connectivity index (χ4v) is 2.80. The van der Waals surface area contributed by atoms with E-state index in [1.165, 1.54) is 14.2 Å². The van der Waals surface area contributed by atoms with Gasteiger partial charge in [-0.1, -0.05) is 19.8 Å². The zero-order chi connectivity index (χ0) is 18.4. The molecule has 1 heterocycles. The summed E-state index contributed by atoms with van der Waals surface area (Å²) in [6, 6.07) is 6.45. The van der Waals surface area contributed by atoms with Crippen molar-refractivity contribution in [3.63, 3.8) is 0 Å². The maximum atomic E-state index is 12.4. The summed E-state index contributed by atoms with van der Waals surface area (Å²) >= 11 is 0. The maximum absolute atomic E-state index is 12.4. The monoisotopic (exact) mass is 354 g/mol. The van der Waals surface area contributed by atoms with E-state index in [9.17, 15) is 15.0 Å².